The number of hydrogen-bond donors (Lipinski definition) is 1. The van der Waals surface area contributed by atoms with Gasteiger partial charge < -0.3 is 9.84 Å². The predicted octanol–water partition coefficient (Wildman–Crippen LogP) is 1.58. The molecule has 0 amide bonds. The Kier molecular flexibility index (Phi) is 3.27. The lowest BCUT2D eigenvalue weighted by Gasteiger charge is -2.03. The monoisotopic (exact) mass is 247 g/mol. The molecule has 0 bridgehead atoms. The summed E-state index contributed by atoms with van der Waals surface area (Å²) < 4.78 is 5.32. The van der Waals surface area contributed by atoms with E-state index in [0.29, 0.717) is 17.9 Å². The molecule has 6 heteroatoms. The smallest absolute Gasteiger partial charge is 0.358 e. The van der Waals surface area contributed by atoms with Gasteiger partial charge in [-0.05, 0) is 31.2 Å². The minimum atomic E-state index is -1.09. The van der Waals surface area contributed by atoms with Crippen molar-refractivity contribution < 1.29 is 14.6 Å². The number of benzene rings is 1. The average Bonchev–Trinajstić information content (AvgIpc) is 2.73. The van der Waals surface area contributed by atoms with Gasteiger partial charge in [0.1, 0.15) is 11.4 Å². The van der Waals surface area contributed by atoms with Crippen LogP contribution in [-0.4, -0.2) is 32.7 Å². The molecule has 1 heterocycles. The topological polar surface area (TPSA) is 77.2 Å². The second kappa shape index (κ2) is 4.87. The van der Waals surface area contributed by atoms with E-state index in [2.05, 4.69) is 10.2 Å². The fourth-order valence-electron chi connectivity index (χ4n) is 1.62. The number of aromatic carboxylic acids is 1. The third-order valence-electron chi connectivity index (χ3n) is 2.36. The van der Waals surface area contributed by atoms with E-state index in [9.17, 15) is 4.79 Å². The lowest BCUT2D eigenvalue weighted by Crippen LogP contribution is -2.00. The van der Waals surface area contributed by atoms with E-state index in [0.717, 1.165) is 5.75 Å². The summed E-state index contributed by atoms with van der Waals surface area (Å²) in [5.74, 6) is -0.353. The second-order valence-electron chi connectivity index (χ2n) is 3.65. The zero-order chi connectivity index (χ0) is 13.1. The summed E-state index contributed by atoms with van der Waals surface area (Å²) in [4.78, 5) is 12.3. The van der Waals surface area contributed by atoms with Crippen molar-refractivity contribution in [3.05, 3.63) is 30.0 Å². The fourth-order valence-corrected chi connectivity index (χ4v) is 1.62. The summed E-state index contributed by atoms with van der Waals surface area (Å²) in [6, 6.07) is 7.08. The summed E-state index contributed by atoms with van der Waals surface area (Å²) >= 11 is 0. The normalized spacial score (nSPS) is 10.3. The number of carboxylic acids is 1. The van der Waals surface area contributed by atoms with Gasteiger partial charge in [0, 0.05) is 12.6 Å². The van der Waals surface area contributed by atoms with Gasteiger partial charge in [0.05, 0.1) is 6.61 Å². The Labute approximate surface area is 104 Å². The molecule has 94 valence electrons. The van der Waals surface area contributed by atoms with Gasteiger partial charge in [-0.3, -0.25) is 0 Å². The van der Waals surface area contributed by atoms with Gasteiger partial charge in [-0.25, -0.2) is 4.79 Å². The lowest BCUT2D eigenvalue weighted by molar-refractivity contribution is 0.0690. The Morgan fingerprint density at radius 1 is 1.33 bits per heavy atom. The molecule has 0 spiro atoms. The van der Waals surface area contributed by atoms with E-state index >= 15 is 0 Å². The van der Waals surface area contributed by atoms with Crippen LogP contribution < -0.4 is 4.74 Å². The highest BCUT2D eigenvalue weighted by molar-refractivity contribution is 5.92. The molecule has 0 saturated heterocycles. The van der Waals surface area contributed by atoms with E-state index < -0.39 is 5.97 Å². The molecule has 0 aliphatic carbocycles. The van der Waals surface area contributed by atoms with Crippen molar-refractivity contribution in [2.24, 2.45) is 7.05 Å². The minimum absolute atomic E-state index is 0.0540. The molecule has 0 radical (unpaired) electrons. The minimum Gasteiger partial charge on any atom is -0.494 e. The van der Waals surface area contributed by atoms with Gasteiger partial charge in [0.25, 0.3) is 0 Å². The Bertz CT molecular complexity index is 560. The van der Waals surface area contributed by atoms with E-state index in [1.165, 1.54) is 4.80 Å². The van der Waals surface area contributed by atoms with Gasteiger partial charge in [-0.1, -0.05) is 0 Å². The van der Waals surface area contributed by atoms with Crippen LogP contribution in [0.1, 0.15) is 17.4 Å². The van der Waals surface area contributed by atoms with Crippen LogP contribution in [0.25, 0.3) is 11.3 Å². The Balaban J connectivity index is 2.39. The van der Waals surface area contributed by atoms with Crippen LogP contribution in [0.5, 0.6) is 5.75 Å². The maximum atomic E-state index is 11.0. The number of nitrogens with zero attached hydrogens (tertiary/aromatic N) is 3. The molecule has 1 aromatic carbocycles. The van der Waals surface area contributed by atoms with Gasteiger partial charge in [-0.15, -0.1) is 5.10 Å². The molecule has 18 heavy (non-hydrogen) atoms. The van der Waals surface area contributed by atoms with Gasteiger partial charge >= 0.3 is 5.97 Å². The lowest BCUT2D eigenvalue weighted by atomic mass is 10.1. The van der Waals surface area contributed by atoms with Crippen molar-refractivity contribution in [2.45, 2.75) is 6.92 Å². The Hall–Kier alpha value is -2.37. The maximum absolute atomic E-state index is 11.0. The molecule has 2 aromatic rings. The van der Waals surface area contributed by atoms with Gasteiger partial charge in [0.15, 0.2) is 5.69 Å². The first-order valence-corrected chi connectivity index (χ1v) is 5.49. The average molecular weight is 247 g/mol. The van der Waals surface area contributed by atoms with Crippen molar-refractivity contribution in [2.75, 3.05) is 6.61 Å². The largest absolute Gasteiger partial charge is 0.494 e. The zero-order valence-corrected chi connectivity index (χ0v) is 10.1. The van der Waals surface area contributed by atoms with E-state index in [-0.39, 0.29) is 5.69 Å². The predicted molar refractivity (Wildman–Crippen MR) is 64.6 cm³/mol. The maximum Gasteiger partial charge on any atom is 0.358 e. The SMILES string of the molecule is CCOc1ccc(-c2nn(C)nc2C(=O)O)cc1. The molecular weight excluding hydrogens is 234 g/mol. The first-order valence-electron chi connectivity index (χ1n) is 5.49. The quantitative estimate of drug-likeness (QED) is 0.887. The molecule has 2 rings (SSSR count). The standard InChI is InChI=1S/C12H13N3O3/c1-3-18-9-6-4-8(5-7-9)10-11(12(16)17)14-15(2)13-10/h4-7H,3H2,1-2H3,(H,16,17). The Morgan fingerprint density at radius 2 is 2.00 bits per heavy atom. The summed E-state index contributed by atoms with van der Waals surface area (Å²) in [5, 5.41) is 16.9. The number of rotatable bonds is 4. The molecule has 1 N–H and O–H groups in total. The van der Waals surface area contributed by atoms with Crippen molar-refractivity contribution in [1.82, 2.24) is 15.0 Å². The summed E-state index contributed by atoms with van der Waals surface area (Å²) in [6.07, 6.45) is 0. The third kappa shape index (κ3) is 2.32. The number of carboxylic acid groups (broad SMARTS) is 1. The van der Waals surface area contributed by atoms with E-state index in [1.807, 2.05) is 6.92 Å². The van der Waals surface area contributed by atoms with Crippen LogP contribution in [-0.2, 0) is 7.05 Å². The van der Waals surface area contributed by atoms with Gasteiger partial charge in [-0.2, -0.15) is 9.90 Å². The van der Waals surface area contributed by atoms with Crippen LogP contribution >= 0.6 is 0 Å². The molecule has 0 aliphatic heterocycles. The van der Waals surface area contributed by atoms with Crippen molar-refractivity contribution in [3.63, 3.8) is 0 Å². The molecular formula is C12H13N3O3. The summed E-state index contributed by atoms with van der Waals surface area (Å²) in [5.41, 5.74) is 0.999. The molecule has 0 fully saturated rings. The van der Waals surface area contributed by atoms with E-state index in [4.69, 9.17) is 9.84 Å². The highest BCUT2D eigenvalue weighted by Crippen LogP contribution is 2.23. The molecule has 6 nitrogen and oxygen atoms in total. The number of carbonyl (C=O) groups is 1. The van der Waals surface area contributed by atoms with Crippen LogP contribution in [0.15, 0.2) is 24.3 Å². The summed E-state index contributed by atoms with van der Waals surface area (Å²) in [6.45, 7) is 2.49. The van der Waals surface area contributed by atoms with Crippen LogP contribution in [0, 0.1) is 0 Å². The summed E-state index contributed by atoms with van der Waals surface area (Å²) in [7, 11) is 1.59. The number of ether oxygens (including phenoxy) is 1. The molecule has 0 saturated carbocycles. The highest BCUT2D eigenvalue weighted by atomic mass is 16.5. The van der Waals surface area contributed by atoms with Crippen molar-refractivity contribution in [1.29, 1.82) is 0 Å². The number of hydrogen-bond acceptors (Lipinski definition) is 4. The molecule has 0 aliphatic rings. The second-order valence-corrected chi connectivity index (χ2v) is 3.65. The number of aryl methyl sites for hydroxylation is 1. The first-order chi connectivity index (χ1) is 8.61. The fraction of sp³-hybridized carbons (Fsp3) is 0.250. The van der Waals surface area contributed by atoms with Crippen molar-refractivity contribution >= 4 is 5.97 Å². The van der Waals surface area contributed by atoms with Crippen molar-refractivity contribution in [3.8, 4) is 17.0 Å². The third-order valence-corrected chi connectivity index (χ3v) is 2.36. The highest BCUT2D eigenvalue weighted by Gasteiger charge is 2.18. The van der Waals surface area contributed by atoms with Crippen LogP contribution in [0.3, 0.4) is 0 Å². The zero-order valence-electron chi connectivity index (χ0n) is 10.1. The number of aromatic nitrogens is 3. The van der Waals surface area contributed by atoms with Crippen LogP contribution in [0.4, 0.5) is 0 Å². The molecule has 0 atom stereocenters. The Morgan fingerprint density at radius 3 is 2.56 bits per heavy atom. The molecule has 0 unspecified atom stereocenters. The first kappa shape index (κ1) is 12.1. The van der Waals surface area contributed by atoms with Crippen LogP contribution in [0.2, 0.25) is 0 Å². The van der Waals surface area contributed by atoms with Gasteiger partial charge in [0.2, 0.25) is 0 Å². The molecule has 1 aromatic heterocycles. The van der Waals surface area contributed by atoms with E-state index in [1.54, 1.807) is 31.3 Å².